The molecule has 112 valence electrons. The van der Waals surface area contributed by atoms with Gasteiger partial charge in [0, 0.05) is 5.88 Å². The van der Waals surface area contributed by atoms with Gasteiger partial charge in [-0.25, -0.2) is 0 Å². The molecule has 0 aliphatic rings. The van der Waals surface area contributed by atoms with Crippen LogP contribution in [0.4, 0.5) is 0 Å². The predicted octanol–water partition coefficient (Wildman–Crippen LogP) is 3.58. The zero-order valence-corrected chi connectivity index (χ0v) is 13.6. The van der Waals surface area contributed by atoms with Crippen LogP contribution in [-0.4, -0.2) is 26.1 Å². The molecule has 3 nitrogen and oxygen atoms in total. The molecule has 0 fully saturated rings. The van der Waals surface area contributed by atoms with E-state index >= 15 is 0 Å². The first kappa shape index (κ1) is 16.8. The first-order valence-corrected chi connectivity index (χ1v) is 7.27. The molecule has 4 heteroatoms. The van der Waals surface area contributed by atoms with Gasteiger partial charge in [-0.15, -0.1) is 11.6 Å². The van der Waals surface area contributed by atoms with E-state index in [0.717, 1.165) is 28.0 Å². The van der Waals surface area contributed by atoms with E-state index in [4.69, 9.17) is 21.1 Å². The maximum Gasteiger partial charge on any atom is 0.309 e. The van der Waals surface area contributed by atoms with Gasteiger partial charge < -0.3 is 9.47 Å². The summed E-state index contributed by atoms with van der Waals surface area (Å²) in [5.41, 5.74) is 4.52. The Balaban J connectivity index is 3.10. The number of aryl methyl sites for hydroxylation is 1. The monoisotopic (exact) mass is 298 g/mol. The average Bonchev–Trinajstić information content (AvgIpc) is 2.43. The maximum absolute atomic E-state index is 11.8. The molecule has 0 amide bonds. The highest BCUT2D eigenvalue weighted by Gasteiger charge is 2.21. The summed E-state index contributed by atoms with van der Waals surface area (Å²) in [5.74, 6) is 0.977. The molecule has 0 bridgehead atoms. The standard InChI is InChI=1S/C16H23ClO3/c1-10-8-14(11(2)12(3)15(10)19-4)9-13(6-7-17)16(18)20-5/h8,13H,6-7,9H2,1-5H3. The van der Waals surface area contributed by atoms with Gasteiger partial charge in [-0.3, -0.25) is 4.79 Å². The van der Waals surface area contributed by atoms with Crippen molar-refractivity contribution in [2.75, 3.05) is 20.1 Å². The average molecular weight is 299 g/mol. The molecule has 20 heavy (non-hydrogen) atoms. The summed E-state index contributed by atoms with van der Waals surface area (Å²) < 4.78 is 10.3. The Bertz CT molecular complexity index is 483. The van der Waals surface area contributed by atoms with Crippen molar-refractivity contribution in [2.24, 2.45) is 5.92 Å². The molecule has 0 saturated carbocycles. The number of halogens is 1. The first-order valence-electron chi connectivity index (χ1n) is 6.73. The molecule has 0 spiro atoms. The van der Waals surface area contributed by atoms with Crippen molar-refractivity contribution in [1.82, 2.24) is 0 Å². The van der Waals surface area contributed by atoms with E-state index in [2.05, 4.69) is 13.0 Å². The van der Waals surface area contributed by atoms with Gasteiger partial charge in [-0.1, -0.05) is 6.07 Å². The minimum absolute atomic E-state index is 0.191. The highest BCUT2D eigenvalue weighted by atomic mass is 35.5. The molecule has 0 saturated heterocycles. The van der Waals surface area contributed by atoms with Crippen LogP contribution in [0.25, 0.3) is 0 Å². The lowest BCUT2D eigenvalue weighted by atomic mass is 9.90. The number of carbonyl (C=O) groups excluding carboxylic acids is 1. The van der Waals surface area contributed by atoms with E-state index in [1.165, 1.54) is 7.11 Å². The molecule has 1 atom stereocenters. The molecular weight excluding hydrogens is 276 g/mol. The Morgan fingerprint density at radius 2 is 1.90 bits per heavy atom. The molecule has 1 aromatic rings. The molecule has 0 aromatic heterocycles. The predicted molar refractivity (Wildman–Crippen MR) is 81.8 cm³/mol. The summed E-state index contributed by atoms with van der Waals surface area (Å²) in [6, 6.07) is 2.09. The van der Waals surface area contributed by atoms with E-state index in [0.29, 0.717) is 18.7 Å². The molecule has 1 aromatic carbocycles. The fraction of sp³-hybridized carbons (Fsp3) is 0.562. The molecule has 1 rings (SSSR count). The second-order valence-electron chi connectivity index (χ2n) is 5.04. The minimum atomic E-state index is -0.198. The van der Waals surface area contributed by atoms with E-state index < -0.39 is 0 Å². The fourth-order valence-electron chi connectivity index (χ4n) is 2.54. The Morgan fingerprint density at radius 1 is 1.25 bits per heavy atom. The maximum atomic E-state index is 11.8. The minimum Gasteiger partial charge on any atom is -0.496 e. The molecule has 1 unspecified atom stereocenters. The van der Waals surface area contributed by atoms with Crippen LogP contribution < -0.4 is 4.74 Å². The van der Waals surface area contributed by atoms with Gasteiger partial charge in [0.25, 0.3) is 0 Å². The lowest BCUT2D eigenvalue weighted by Gasteiger charge is -2.19. The van der Waals surface area contributed by atoms with Crippen molar-refractivity contribution in [3.8, 4) is 5.75 Å². The molecule has 0 aliphatic carbocycles. The topological polar surface area (TPSA) is 35.5 Å². The number of benzene rings is 1. The lowest BCUT2D eigenvalue weighted by Crippen LogP contribution is -2.20. The van der Waals surface area contributed by atoms with Crippen LogP contribution in [0.3, 0.4) is 0 Å². The first-order chi connectivity index (χ1) is 9.46. The SMILES string of the molecule is COC(=O)C(CCCl)Cc1cc(C)c(OC)c(C)c1C. The van der Waals surface area contributed by atoms with Crippen molar-refractivity contribution < 1.29 is 14.3 Å². The van der Waals surface area contributed by atoms with Crippen LogP contribution in [0.5, 0.6) is 5.75 Å². The zero-order chi connectivity index (χ0) is 15.3. The normalized spacial score (nSPS) is 12.1. The van der Waals surface area contributed by atoms with Crippen LogP contribution in [0.1, 0.15) is 28.7 Å². The number of alkyl halides is 1. The summed E-state index contributed by atoms with van der Waals surface area (Å²) in [5, 5.41) is 0. The van der Waals surface area contributed by atoms with Crippen LogP contribution in [-0.2, 0) is 16.0 Å². The lowest BCUT2D eigenvalue weighted by molar-refractivity contribution is -0.145. The van der Waals surface area contributed by atoms with Gasteiger partial charge >= 0.3 is 5.97 Å². The summed E-state index contributed by atoms with van der Waals surface area (Å²) in [7, 11) is 3.10. The van der Waals surface area contributed by atoms with Crippen molar-refractivity contribution in [1.29, 1.82) is 0 Å². The van der Waals surface area contributed by atoms with Gasteiger partial charge in [0.2, 0.25) is 0 Å². The smallest absolute Gasteiger partial charge is 0.309 e. The summed E-state index contributed by atoms with van der Waals surface area (Å²) in [6.07, 6.45) is 1.27. The van der Waals surface area contributed by atoms with Crippen LogP contribution >= 0.6 is 11.6 Å². The Hall–Kier alpha value is -1.22. The fourth-order valence-corrected chi connectivity index (χ4v) is 2.80. The number of methoxy groups -OCH3 is 2. The van der Waals surface area contributed by atoms with Gasteiger partial charge in [0.15, 0.2) is 0 Å². The van der Waals surface area contributed by atoms with Gasteiger partial charge in [0.05, 0.1) is 20.1 Å². The summed E-state index contributed by atoms with van der Waals surface area (Å²) in [4.78, 5) is 11.8. The van der Waals surface area contributed by atoms with E-state index in [1.807, 2.05) is 13.8 Å². The molecule has 0 heterocycles. The zero-order valence-electron chi connectivity index (χ0n) is 12.9. The number of esters is 1. The second kappa shape index (κ2) is 7.53. The summed E-state index contributed by atoms with van der Waals surface area (Å²) in [6.45, 7) is 6.12. The number of ether oxygens (including phenoxy) is 2. The number of hydrogen-bond acceptors (Lipinski definition) is 3. The van der Waals surface area contributed by atoms with E-state index in [-0.39, 0.29) is 11.9 Å². The number of rotatable bonds is 6. The van der Waals surface area contributed by atoms with Gasteiger partial charge in [0.1, 0.15) is 5.75 Å². The van der Waals surface area contributed by atoms with Crippen molar-refractivity contribution in [3.05, 3.63) is 28.3 Å². The Morgan fingerprint density at radius 3 is 2.40 bits per heavy atom. The second-order valence-corrected chi connectivity index (χ2v) is 5.42. The molecule has 0 aliphatic heterocycles. The highest BCUT2D eigenvalue weighted by molar-refractivity contribution is 6.17. The van der Waals surface area contributed by atoms with Crippen LogP contribution in [0, 0.1) is 26.7 Å². The van der Waals surface area contributed by atoms with E-state index in [1.54, 1.807) is 7.11 Å². The number of carbonyl (C=O) groups is 1. The molecule has 0 N–H and O–H groups in total. The quantitative estimate of drug-likeness (QED) is 0.595. The number of hydrogen-bond donors (Lipinski definition) is 0. The van der Waals surface area contributed by atoms with Crippen LogP contribution in [0.15, 0.2) is 6.07 Å². The summed E-state index contributed by atoms with van der Waals surface area (Å²) >= 11 is 5.79. The third-order valence-corrected chi connectivity index (χ3v) is 4.01. The Labute approximate surface area is 126 Å². The Kier molecular flexibility index (Phi) is 6.34. The van der Waals surface area contributed by atoms with Crippen molar-refractivity contribution in [2.45, 2.75) is 33.6 Å². The highest BCUT2D eigenvalue weighted by Crippen LogP contribution is 2.30. The van der Waals surface area contributed by atoms with E-state index in [9.17, 15) is 4.79 Å². The van der Waals surface area contributed by atoms with Crippen molar-refractivity contribution >= 4 is 17.6 Å². The molecular formula is C16H23ClO3. The van der Waals surface area contributed by atoms with Crippen molar-refractivity contribution in [3.63, 3.8) is 0 Å². The van der Waals surface area contributed by atoms with Crippen LogP contribution in [0.2, 0.25) is 0 Å². The van der Waals surface area contributed by atoms with Gasteiger partial charge in [-0.05, 0) is 55.9 Å². The van der Waals surface area contributed by atoms with Gasteiger partial charge in [-0.2, -0.15) is 0 Å². The third kappa shape index (κ3) is 3.66. The molecule has 0 radical (unpaired) electrons. The third-order valence-electron chi connectivity index (χ3n) is 3.80. The largest absolute Gasteiger partial charge is 0.496 e.